The van der Waals surface area contributed by atoms with Crippen LogP contribution < -0.4 is 10.1 Å². The molecule has 0 radical (unpaired) electrons. The minimum Gasteiger partial charge on any atom is -0.484 e. The van der Waals surface area contributed by atoms with E-state index in [1.165, 1.54) is 10.5 Å². The molecule has 168 valence electrons. The zero-order valence-corrected chi connectivity index (χ0v) is 20.0. The third-order valence-electron chi connectivity index (χ3n) is 4.84. The zero-order valence-electron chi connectivity index (χ0n) is 19.2. The van der Waals surface area contributed by atoms with Gasteiger partial charge >= 0.3 is 0 Å². The van der Waals surface area contributed by atoms with Crippen molar-refractivity contribution in [3.05, 3.63) is 64.7 Å². The first-order valence-electron chi connectivity index (χ1n) is 10.5. The summed E-state index contributed by atoms with van der Waals surface area (Å²) in [7, 11) is 0. The van der Waals surface area contributed by atoms with E-state index in [4.69, 9.17) is 16.3 Å². The molecule has 2 aromatic carbocycles. The van der Waals surface area contributed by atoms with Crippen molar-refractivity contribution in [3.8, 4) is 5.75 Å². The van der Waals surface area contributed by atoms with Gasteiger partial charge in [-0.25, -0.2) is 0 Å². The molecular weight excluding hydrogens is 412 g/mol. The van der Waals surface area contributed by atoms with E-state index in [0.717, 1.165) is 5.56 Å². The minimum absolute atomic E-state index is 0.151. The molecule has 2 rings (SSSR count). The summed E-state index contributed by atoms with van der Waals surface area (Å²) >= 11 is 5.98. The third kappa shape index (κ3) is 7.91. The second-order valence-corrected chi connectivity index (χ2v) is 9.51. The molecule has 0 aliphatic heterocycles. The molecule has 0 aliphatic carbocycles. The maximum Gasteiger partial charge on any atom is 0.261 e. The first-order valence-corrected chi connectivity index (χ1v) is 10.9. The quantitative estimate of drug-likeness (QED) is 0.610. The molecular formula is C25H33ClN2O3. The van der Waals surface area contributed by atoms with Crippen LogP contribution in [-0.4, -0.2) is 34.9 Å². The number of hydrogen-bond acceptors (Lipinski definition) is 3. The molecule has 5 nitrogen and oxygen atoms in total. The largest absolute Gasteiger partial charge is 0.484 e. The van der Waals surface area contributed by atoms with Crippen LogP contribution in [0.1, 0.15) is 58.6 Å². The first kappa shape index (κ1) is 24.7. The van der Waals surface area contributed by atoms with Crippen LogP contribution in [-0.2, 0) is 16.1 Å². The number of halogens is 1. The standard InChI is InChI=1S/C25H33ClN2O3/c1-17(2)20-9-13-22(14-10-20)31-16-23(29)28(15-19-7-11-21(26)12-8-19)18(3)24(30)27-25(4,5)6/h7-14,17-18H,15-16H2,1-6H3,(H,27,30). The molecule has 2 amide bonds. The maximum atomic E-state index is 13.1. The SMILES string of the molecule is CC(C)c1ccc(OCC(=O)N(Cc2ccc(Cl)cc2)C(C)C(=O)NC(C)(C)C)cc1. The maximum absolute atomic E-state index is 13.1. The van der Waals surface area contributed by atoms with Gasteiger partial charge in [-0.05, 0) is 69.0 Å². The van der Waals surface area contributed by atoms with Crippen molar-refractivity contribution in [1.29, 1.82) is 0 Å². The van der Waals surface area contributed by atoms with E-state index in [-0.39, 0.29) is 25.0 Å². The van der Waals surface area contributed by atoms with Crippen molar-refractivity contribution in [2.24, 2.45) is 0 Å². The number of amides is 2. The Bertz CT molecular complexity index is 871. The van der Waals surface area contributed by atoms with Crippen molar-refractivity contribution in [2.45, 2.75) is 65.6 Å². The van der Waals surface area contributed by atoms with E-state index in [1.54, 1.807) is 19.1 Å². The normalized spacial score (nSPS) is 12.4. The molecule has 1 atom stereocenters. The molecule has 0 spiro atoms. The number of nitrogens with zero attached hydrogens (tertiary/aromatic N) is 1. The molecule has 31 heavy (non-hydrogen) atoms. The van der Waals surface area contributed by atoms with Gasteiger partial charge in [-0.15, -0.1) is 0 Å². The van der Waals surface area contributed by atoms with Gasteiger partial charge in [-0.1, -0.05) is 49.7 Å². The molecule has 2 aromatic rings. The molecule has 0 fully saturated rings. The van der Waals surface area contributed by atoms with Gasteiger partial charge < -0.3 is 15.0 Å². The Balaban J connectivity index is 2.14. The monoisotopic (exact) mass is 444 g/mol. The van der Waals surface area contributed by atoms with Crippen molar-refractivity contribution in [2.75, 3.05) is 6.61 Å². The zero-order chi connectivity index (χ0) is 23.2. The number of nitrogens with one attached hydrogen (secondary N) is 1. The predicted molar refractivity (Wildman–Crippen MR) is 125 cm³/mol. The van der Waals surface area contributed by atoms with Crippen LogP contribution >= 0.6 is 11.6 Å². The molecule has 0 aromatic heterocycles. The topological polar surface area (TPSA) is 58.6 Å². The number of benzene rings is 2. The summed E-state index contributed by atoms with van der Waals surface area (Å²) in [5.74, 6) is 0.569. The Morgan fingerprint density at radius 2 is 1.58 bits per heavy atom. The van der Waals surface area contributed by atoms with Gasteiger partial charge in [0.25, 0.3) is 5.91 Å². The average molecular weight is 445 g/mol. The summed E-state index contributed by atoms with van der Waals surface area (Å²) < 4.78 is 5.73. The van der Waals surface area contributed by atoms with Gasteiger partial charge in [0, 0.05) is 17.1 Å². The summed E-state index contributed by atoms with van der Waals surface area (Å²) in [6.45, 7) is 11.8. The fourth-order valence-electron chi connectivity index (χ4n) is 3.02. The van der Waals surface area contributed by atoms with Gasteiger partial charge in [-0.3, -0.25) is 9.59 Å². The molecule has 0 bridgehead atoms. The fraction of sp³-hybridized carbons (Fsp3) is 0.440. The van der Waals surface area contributed by atoms with Gasteiger partial charge in [0.2, 0.25) is 5.91 Å². The Labute approximate surface area is 190 Å². The van der Waals surface area contributed by atoms with E-state index in [0.29, 0.717) is 16.7 Å². The highest BCUT2D eigenvalue weighted by Gasteiger charge is 2.28. The van der Waals surface area contributed by atoms with Crippen LogP contribution in [0.3, 0.4) is 0 Å². The number of carbonyl (C=O) groups excluding carboxylic acids is 2. The van der Waals surface area contributed by atoms with Crippen LogP contribution in [0.5, 0.6) is 5.75 Å². The van der Waals surface area contributed by atoms with Crippen molar-refractivity contribution < 1.29 is 14.3 Å². The third-order valence-corrected chi connectivity index (χ3v) is 5.09. The highest BCUT2D eigenvalue weighted by atomic mass is 35.5. The average Bonchev–Trinajstić information content (AvgIpc) is 2.70. The fourth-order valence-corrected chi connectivity index (χ4v) is 3.15. The highest BCUT2D eigenvalue weighted by molar-refractivity contribution is 6.30. The Morgan fingerprint density at radius 1 is 1.00 bits per heavy atom. The number of carbonyl (C=O) groups is 2. The summed E-state index contributed by atoms with van der Waals surface area (Å²) in [5, 5.41) is 3.56. The molecule has 6 heteroatoms. The van der Waals surface area contributed by atoms with Crippen molar-refractivity contribution in [3.63, 3.8) is 0 Å². The van der Waals surface area contributed by atoms with E-state index < -0.39 is 11.6 Å². The van der Waals surface area contributed by atoms with Crippen LogP contribution in [0.15, 0.2) is 48.5 Å². The minimum atomic E-state index is -0.658. The van der Waals surface area contributed by atoms with Gasteiger partial charge in [0.15, 0.2) is 6.61 Å². The number of rotatable bonds is 8. The predicted octanol–water partition coefficient (Wildman–Crippen LogP) is 5.17. The highest BCUT2D eigenvalue weighted by Crippen LogP contribution is 2.19. The lowest BCUT2D eigenvalue weighted by molar-refractivity contribution is -0.142. The molecule has 0 aliphatic rings. The van der Waals surface area contributed by atoms with Crippen LogP contribution in [0.2, 0.25) is 5.02 Å². The van der Waals surface area contributed by atoms with E-state index in [1.807, 2.05) is 57.2 Å². The second kappa shape index (κ2) is 10.7. The lowest BCUT2D eigenvalue weighted by Crippen LogP contribution is -2.53. The smallest absolute Gasteiger partial charge is 0.261 e. The number of hydrogen-bond donors (Lipinski definition) is 1. The first-order chi connectivity index (χ1) is 14.5. The van der Waals surface area contributed by atoms with E-state index in [2.05, 4.69) is 19.2 Å². The van der Waals surface area contributed by atoms with Gasteiger partial charge in [0.05, 0.1) is 0 Å². The lowest BCUT2D eigenvalue weighted by atomic mass is 10.0. The lowest BCUT2D eigenvalue weighted by Gasteiger charge is -2.31. The van der Waals surface area contributed by atoms with E-state index in [9.17, 15) is 9.59 Å². The molecule has 0 saturated heterocycles. The molecule has 0 heterocycles. The van der Waals surface area contributed by atoms with Gasteiger partial charge in [-0.2, -0.15) is 0 Å². The van der Waals surface area contributed by atoms with Crippen LogP contribution in [0.25, 0.3) is 0 Å². The Hall–Kier alpha value is -2.53. The summed E-state index contributed by atoms with van der Waals surface area (Å²) in [5.41, 5.74) is 1.69. The summed E-state index contributed by atoms with van der Waals surface area (Å²) in [6.07, 6.45) is 0. The second-order valence-electron chi connectivity index (χ2n) is 9.08. The van der Waals surface area contributed by atoms with Crippen molar-refractivity contribution >= 4 is 23.4 Å². The van der Waals surface area contributed by atoms with Crippen LogP contribution in [0.4, 0.5) is 0 Å². The van der Waals surface area contributed by atoms with Crippen molar-refractivity contribution in [1.82, 2.24) is 10.2 Å². The summed E-state index contributed by atoms with van der Waals surface area (Å²) in [4.78, 5) is 27.4. The Morgan fingerprint density at radius 3 is 2.10 bits per heavy atom. The van der Waals surface area contributed by atoms with Gasteiger partial charge in [0.1, 0.15) is 11.8 Å². The number of ether oxygens (including phenoxy) is 1. The molecule has 0 saturated carbocycles. The molecule has 1 N–H and O–H groups in total. The molecule has 1 unspecified atom stereocenters. The summed E-state index contributed by atoms with van der Waals surface area (Å²) in [6, 6.07) is 14.3. The Kier molecular flexibility index (Phi) is 8.52. The van der Waals surface area contributed by atoms with Crippen LogP contribution in [0, 0.1) is 0 Å². The van der Waals surface area contributed by atoms with E-state index >= 15 is 0 Å².